The number of hydrogen-bond acceptors (Lipinski definition) is 4. The summed E-state index contributed by atoms with van der Waals surface area (Å²) in [6, 6.07) is 3.75. The van der Waals surface area contributed by atoms with Gasteiger partial charge in [-0.2, -0.15) is 10.2 Å². The normalized spacial score (nSPS) is 12.7. The molecule has 0 saturated carbocycles. The third kappa shape index (κ3) is 1.81. The smallest absolute Gasteiger partial charge is 0.106 e. The Balaban J connectivity index is 2.29. The second kappa shape index (κ2) is 3.86. The first-order valence-electron chi connectivity index (χ1n) is 4.27. The molecule has 0 amide bonds. The molecule has 3 nitrogen and oxygen atoms in total. The monoisotopic (exact) mass is 206 g/mol. The maximum atomic E-state index is 9.94. The summed E-state index contributed by atoms with van der Waals surface area (Å²) < 4.78 is 0. The molecule has 0 aliphatic rings. The van der Waals surface area contributed by atoms with E-state index in [1.165, 1.54) is 4.88 Å². The Kier molecular flexibility index (Phi) is 2.56. The van der Waals surface area contributed by atoms with E-state index in [4.69, 9.17) is 0 Å². The molecular formula is C10H10N2OS. The molecule has 0 aromatic carbocycles. The van der Waals surface area contributed by atoms with E-state index in [1.807, 2.05) is 18.4 Å². The number of aliphatic hydroxyl groups excluding tert-OH is 1. The molecule has 1 N–H and O–H groups in total. The van der Waals surface area contributed by atoms with Crippen LogP contribution in [0.4, 0.5) is 0 Å². The van der Waals surface area contributed by atoms with Crippen molar-refractivity contribution in [3.8, 4) is 0 Å². The van der Waals surface area contributed by atoms with Gasteiger partial charge >= 0.3 is 0 Å². The van der Waals surface area contributed by atoms with Gasteiger partial charge in [-0.1, -0.05) is 0 Å². The highest BCUT2D eigenvalue weighted by Gasteiger charge is 2.11. The number of aliphatic hydroxyl groups is 1. The van der Waals surface area contributed by atoms with E-state index < -0.39 is 6.10 Å². The van der Waals surface area contributed by atoms with Crippen LogP contribution in [0.25, 0.3) is 0 Å². The molecule has 2 aromatic rings. The van der Waals surface area contributed by atoms with Gasteiger partial charge in [0, 0.05) is 16.6 Å². The zero-order valence-corrected chi connectivity index (χ0v) is 8.53. The van der Waals surface area contributed by atoms with E-state index in [0.717, 1.165) is 11.1 Å². The molecule has 0 fully saturated rings. The highest BCUT2D eigenvalue weighted by Crippen LogP contribution is 2.24. The van der Waals surface area contributed by atoms with Crippen LogP contribution in [0.2, 0.25) is 0 Å². The molecule has 2 rings (SSSR count). The summed E-state index contributed by atoms with van der Waals surface area (Å²) in [4.78, 5) is 1.20. The van der Waals surface area contributed by atoms with Crippen LogP contribution >= 0.6 is 11.3 Å². The molecule has 0 radical (unpaired) electrons. The summed E-state index contributed by atoms with van der Waals surface area (Å²) in [7, 11) is 0. The first-order chi connectivity index (χ1) is 6.77. The van der Waals surface area contributed by atoms with Crippen molar-refractivity contribution in [1.29, 1.82) is 0 Å². The average Bonchev–Trinajstić information content (AvgIpc) is 2.65. The summed E-state index contributed by atoms with van der Waals surface area (Å²) in [5.74, 6) is 0. The number of thiophene rings is 1. The highest BCUT2D eigenvalue weighted by atomic mass is 32.1. The van der Waals surface area contributed by atoms with Gasteiger partial charge in [0.05, 0.1) is 6.20 Å². The molecule has 2 heterocycles. The minimum atomic E-state index is -0.588. The van der Waals surface area contributed by atoms with Crippen LogP contribution < -0.4 is 0 Å². The number of nitrogens with zero attached hydrogens (tertiary/aromatic N) is 2. The number of aryl methyl sites for hydroxylation is 1. The van der Waals surface area contributed by atoms with E-state index in [1.54, 1.807) is 29.8 Å². The van der Waals surface area contributed by atoms with Gasteiger partial charge in [-0.25, -0.2) is 0 Å². The first-order valence-corrected chi connectivity index (χ1v) is 5.15. The predicted octanol–water partition coefficient (Wildman–Crippen LogP) is 1.93. The fourth-order valence-corrected chi connectivity index (χ4v) is 1.99. The molecule has 0 aliphatic carbocycles. The van der Waals surface area contributed by atoms with Crippen molar-refractivity contribution in [3.63, 3.8) is 0 Å². The molecule has 72 valence electrons. The minimum absolute atomic E-state index is 0.588. The molecule has 0 aliphatic heterocycles. The van der Waals surface area contributed by atoms with E-state index in [9.17, 15) is 5.11 Å². The summed E-state index contributed by atoms with van der Waals surface area (Å²) in [6.07, 6.45) is 2.57. The van der Waals surface area contributed by atoms with Crippen molar-refractivity contribution in [3.05, 3.63) is 45.9 Å². The van der Waals surface area contributed by atoms with Crippen LogP contribution in [0, 0.1) is 6.92 Å². The van der Waals surface area contributed by atoms with Crippen molar-refractivity contribution in [1.82, 2.24) is 10.2 Å². The van der Waals surface area contributed by atoms with Gasteiger partial charge in [0.2, 0.25) is 0 Å². The maximum absolute atomic E-state index is 9.94. The maximum Gasteiger partial charge on any atom is 0.106 e. The van der Waals surface area contributed by atoms with E-state index >= 15 is 0 Å². The van der Waals surface area contributed by atoms with E-state index in [2.05, 4.69) is 10.2 Å². The second-order valence-corrected chi connectivity index (χ2v) is 4.18. The number of rotatable bonds is 2. The van der Waals surface area contributed by atoms with Gasteiger partial charge in [-0.05, 0) is 30.0 Å². The molecule has 14 heavy (non-hydrogen) atoms. The third-order valence-corrected chi connectivity index (χ3v) is 2.87. The standard InChI is InChI=1S/C10H10N2OS/c1-7-4-9(6-14-7)10(13)8-2-3-11-12-5-8/h2-6,10,13H,1H3. The van der Waals surface area contributed by atoms with Crippen LogP contribution in [0.15, 0.2) is 29.9 Å². The molecule has 4 heteroatoms. The highest BCUT2D eigenvalue weighted by molar-refractivity contribution is 7.10. The van der Waals surface area contributed by atoms with Crippen LogP contribution in [0.1, 0.15) is 22.1 Å². The molecule has 0 saturated heterocycles. The Bertz CT molecular complexity index is 413. The Morgan fingerprint density at radius 1 is 1.36 bits per heavy atom. The minimum Gasteiger partial charge on any atom is -0.384 e. The largest absolute Gasteiger partial charge is 0.384 e. The fraction of sp³-hybridized carbons (Fsp3) is 0.200. The van der Waals surface area contributed by atoms with E-state index in [-0.39, 0.29) is 0 Å². The lowest BCUT2D eigenvalue weighted by molar-refractivity contribution is 0.220. The van der Waals surface area contributed by atoms with Crippen LogP contribution in [-0.2, 0) is 0 Å². The summed E-state index contributed by atoms with van der Waals surface area (Å²) in [5.41, 5.74) is 1.69. The molecule has 0 spiro atoms. The molecule has 2 aromatic heterocycles. The number of aromatic nitrogens is 2. The zero-order chi connectivity index (χ0) is 9.97. The summed E-state index contributed by atoms with van der Waals surface area (Å²) in [5, 5.41) is 19.3. The SMILES string of the molecule is Cc1cc(C(O)c2ccnnc2)cs1. The van der Waals surface area contributed by atoms with Crippen molar-refractivity contribution in [2.45, 2.75) is 13.0 Å². The Morgan fingerprint density at radius 2 is 2.21 bits per heavy atom. The Morgan fingerprint density at radius 3 is 2.79 bits per heavy atom. The molecule has 1 atom stereocenters. The molecule has 0 bridgehead atoms. The van der Waals surface area contributed by atoms with Gasteiger partial charge < -0.3 is 5.11 Å². The van der Waals surface area contributed by atoms with Gasteiger partial charge in [0.15, 0.2) is 0 Å². The van der Waals surface area contributed by atoms with Gasteiger partial charge in [0.1, 0.15) is 6.10 Å². The van der Waals surface area contributed by atoms with Crippen LogP contribution in [-0.4, -0.2) is 15.3 Å². The lowest BCUT2D eigenvalue weighted by atomic mass is 10.1. The zero-order valence-electron chi connectivity index (χ0n) is 7.71. The third-order valence-electron chi connectivity index (χ3n) is 1.99. The Hall–Kier alpha value is -1.26. The number of hydrogen-bond donors (Lipinski definition) is 1. The summed E-state index contributed by atoms with van der Waals surface area (Å²) in [6.45, 7) is 2.02. The van der Waals surface area contributed by atoms with Crippen LogP contribution in [0.5, 0.6) is 0 Å². The first kappa shape index (κ1) is 9.30. The summed E-state index contributed by atoms with van der Waals surface area (Å²) >= 11 is 1.63. The van der Waals surface area contributed by atoms with Crippen molar-refractivity contribution >= 4 is 11.3 Å². The average molecular weight is 206 g/mol. The van der Waals surface area contributed by atoms with Gasteiger partial charge in [0.25, 0.3) is 0 Å². The lowest BCUT2D eigenvalue weighted by Gasteiger charge is -2.07. The molecule has 1 unspecified atom stereocenters. The van der Waals surface area contributed by atoms with Crippen molar-refractivity contribution in [2.24, 2.45) is 0 Å². The Labute approximate surface area is 86.1 Å². The lowest BCUT2D eigenvalue weighted by Crippen LogP contribution is -1.98. The second-order valence-electron chi connectivity index (χ2n) is 3.07. The van der Waals surface area contributed by atoms with Crippen molar-refractivity contribution < 1.29 is 5.11 Å². The van der Waals surface area contributed by atoms with Gasteiger partial charge in [-0.15, -0.1) is 11.3 Å². The fourth-order valence-electron chi connectivity index (χ4n) is 1.26. The van der Waals surface area contributed by atoms with E-state index in [0.29, 0.717) is 0 Å². The topological polar surface area (TPSA) is 46.0 Å². The van der Waals surface area contributed by atoms with Gasteiger partial charge in [-0.3, -0.25) is 0 Å². The predicted molar refractivity (Wildman–Crippen MR) is 55.1 cm³/mol. The van der Waals surface area contributed by atoms with Crippen molar-refractivity contribution in [2.75, 3.05) is 0 Å². The van der Waals surface area contributed by atoms with Crippen LogP contribution in [0.3, 0.4) is 0 Å². The quantitative estimate of drug-likeness (QED) is 0.816. The molecular weight excluding hydrogens is 196 g/mol.